The summed E-state index contributed by atoms with van der Waals surface area (Å²) in [6, 6.07) is 5.29. The minimum absolute atomic E-state index is 0.0592. The monoisotopic (exact) mass is 452 g/mol. The van der Waals surface area contributed by atoms with Gasteiger partial charge in [-0.05, 0) is 24.1 Å². The molecule has 1 aliphatic rings. The molecule has 0 bridgehead atoms. The Morgan fingerprint density at radius 3 is 2.55 bits per heavy atom. The molecule has 11 heteroatoms. The molecular formula is C20H25FN4O5S. The third kappa shape index (κ3) is 5.47. The SMILES string of the molecule is COC(=O)CCCC(=O)N[C@H]1CN(S(=O)(=O)c2cn(C)cn2)C[C@@H]1c1ccc(F)cc1. The molecule has 9 nitrogen and oxygen atoms in total. The maximum atomic E-state index is 13.4. The molecule has 168 valence electrons. The van der Waals surface area contributed by atoms with Crippen LogP contribution in [0.3, 0.4) is 0 Å². The topological polar surface area (TPSA) is 111 Å². The van der Waals surface area contributed by atoms with Crippen LogP contribution in [-0.4, -0.2) is 60.4 Å². The second-order valence-electron chi connectivity index (χ2n) is 7.46. The number of halogens is 1. The lowest BCUT2D eigenvalue weighted by Gasteiger charge is -2.20. The number of amides is 1. The van der Waals surface area contributed by atoms with Crippen molar-refractivity contribution in [3.05, 3.63) is 48.2 Å². The Labute approximate surface area is 180 Å². The lowest BCUT2D eigenvalue weighted by molar-refractivity contribution is -0.140. The van der Waals surface area contributed by atoms with Gasteiger partial charge >= 0.3 is 5.97 Å². The number of aromatic nitrogens is 2. The van der Waals surface area contributed by atoms with Crippen molar-refractivity contribution in [2.24, 2.45) is 7.05 Å². The molecule has 1 fully saturated rings. The Kier molecular flexibility index (Phi) is 7.06. The number of ether oxygens (including phenoxy) is 1. The van der Waals surface area contributed by atoms with Gasteiger partial charge in [0.2, 0.25) is 5.91 Å². The van der Waals surface area contributed by atoms with Gasteiger partial charge < -0.3 is 14.6 Å². The van der Waals surface area contributed by atoms with Gasteiger partial charge in [-0.3, -0.25) is 9.59 Å². The summed E-state index contributed by atoms with van der Waals surface area (Å²) in [5.74, 6) is -1.45. The molecule has 0 aliphatic carbocycles. The average Bonchev–Trinajstić information content (AvgIpc) is 3.36. The van der Waals surface area contributed by atoms with Crippen molar-refractivity contribution in [3.63, 3.8) is 0 Å². The van der Waals surface area contributed by atoms with E-state index in [0.717, 1.165) is 5.56 Å². The summed E-state index contributed by atoms with van der Waals surface area (Å²) >= 11 is 0. The number of imidazole rings is 1. The predicted octanol–water partition coefficient (Wildman–Crippen LogP) is 1.18. The van der Waals surface area contributed by atoms with Crippen LogP contribution in [0.1, 0.15) is 30.7 Å². The number of sulfonamides is 1. The Morgan fingerprint density at radius 1 is 1.23 bits per heavy atom. The molecule has 1 saturated heterocycles. The Morgan fingerprint density at radius 2 is 1.94 bits per heavy atom. The molecule has 2 heterocycles. The van der Waals surface area contributed by atoms with Gasteiger partial charge in [0.15, 0.2) is 5.03 Å². The molecule has 0 unspecified atom stereocenters. The first-order chi connectivity index (χ1) is 14.7. The van der Waals surface area contributed by atoms with Gasteiger partial charge in [-0.15, -0.1) is 0 Å². The molecule has 2 aromatic rings. The van der Waals surface area contributed by atoms with Crippen molar-refractivity contribution in [1.29, 1.82) is 0 Å². The highest BCUT2D eigenvalue weighted by atomic mass is 32.2. The Hall–Kier alpha value is -2.79. The fourth-order valence-corrected chi connectivity index (χ4v) is 5.04. The molecule has 1 aliphatic heterocycles. The molecule has 0 radical (unpaired) electrons. The zero-order valence-electron chi connectivity index (χ0n) is 17.3. The number of rotatable bonds is 8. The van der Waals surface area contributed by atoms with Gasteiger partial charge in [-0.2, -0.15) is 4.31 Å². The highest BCUT2D eigenvalue weighted by molar-refractivity contribution is 7.89. The number of aryl methyl sites for hydroxylation is 1. The van der Waals surface area contributed by atoms with Crippen LogP contribution in [0.2, 0.25) is 0 Å². The summed E-state index contributed by atoms with van der Waals surface area (Å²) in [5.41, 5.74) is 0.722. The van der Waals surface area contributed by atoms with E-state index in [4.69, 9.17) is 0 Å². The van der Waals surface area contributed by atoms with Crippen LogP contribution in [0, 0.1) is 5.82 Å². The largest absolute Gasteiger partial charge is 0.469 e. The number of nitrogens with zero attached hydrogens (tertiary/aromatic N) is 3. The minimum Gasteiger partial charge on any atom is -0.469 e. The van der Waals surface area contributed by atoms with Crippen LogP contribution in [0.4, 0.5) is 4.39 Å². The second kappa shape index (κ2) is 9.56. The van der Waals surface area contributed by atoms with Gasteiger partial charge in [0.25, 0.3) is 10.0 Å². The van der Waals surface area contributed by atoms with E-state index in [1.54, 1.807) is 23.7 Å². The minimum atomic E-state index is -3.85. The van der Waals surface area contributed by atoms with Crippen LogP contribution in [0.25, 0.3) is 0 Å². The highest BCUT2D eigenvalue weighted by Gasteiger charge is 2.41. The van der Waals surface area contributed by atoms with Crippen molar-refractivity contribution in [3.8, 4) is 0 Å². The molecule has 3 rings (SSSR count). The third-order valence-electron chi connectivity index (χ3n) is 5.23. The van der Waals surface area contributed by atoms with Gasteiger partial charge in [0.1, 0.15) is 5.82 Å². The number of carbonyl (C=O) groups is 2. The van der Waals surface area contributed by atoms with Crippen LogP contribution in [-0.2, 0) is 31.4 Å². The van der Waals surface area contributed by atoms with E-state index < -0.39 is 27.9 Å². The smallest absolute Gasteiger partial charge is 0.305 e. The van der Waals surface area contributed by atoms with E-state index >= 15 is 0 Å². The number of methoxy groups -OCH3 is 1. The zero-order chi connectivity index (χ0) is 22.6. The molecule has 1 amide bonds. The van der Waals surface area contributed by atoms with E-state index in [1.807, 2.05) is 0 Å². The number of nitrogens with one attached hydrogen (secondary N) is 1. The fraction of sp³-hybridized carbons (Fsp3) is 0.450. The van der Waals surface area contributed by atoms with E-state index in [-0.39, 0.29) is 42.8 Å². The summed E-state index contributed by atoms with van der Waals surface area (Å²) in [7, 11) is -0.895. The summed E-state index contributed by atoms with van der Waals surface area (Å²) in [5, 5.41) is 2.80. The van der Waals surface area contributed by atoms with E-state index in [1.165, 1.54) is 36.1 Å². The number of esters is 1. The first-order valence-corrected chi connectivity index (χ1v) is 11.2. The molecule has 1 N–H and O–H groups in total. The summed E-state index contributed by atoms with van der Waals surface area (Å²) in [6.07, 6.45) is 3.37. The molecule has 2 atom stereocenters. The van der Waals surface area contributed by atoms with Gasteiger partial charge in [-0.25, -0.2) is 17.8 Å². The summed E-state index contributed by atoms with van der Waals surface area (Å²) < 4.78 is 46.8. The quantitative estimate of drug-likeness (QED) is 0.602. The van der Waals surface area contributed by atoms with Crippen molar-refractivity contribution >= 4 is 21.9 Å². The Bertz CT molecular complexity index is 1040. The van der Waals surface area contributed by atoms with E-state index in [2.05, 4.69) is 15.0 Å². The van der Waals surface area contributed by atoms with Crippen molar-refractivity contribution < 1.29 is 27.1 Å². The third-order valence-corrected chi connectivity index (χ3v) is 6.95. The fourth-order valence-electron chi connectivity index (χ4n) is 3.59. The van der Waals surface area contributed by atoms with Crippen LogP contribution in [0.15, 0.2) is 41.8 Å². The molecular weight excluding hydrogens is 427 g/mol. The standard InChI is InChI=1S/C20H25FN4O5S/c1-24-12-19(22-13-24)31(28,29)25-10-16(14-6-8-15(21)9-7-14)17(11-25)23-18(26)4-3-5-20(27)30-2/h6-9,12-13,16-17H,3-5,10-11H2,1-2H3,(H,23,26)/t16-,17+/m1/s1. The number of hydrogen-bond donors (Lipinski definition) is 1. The number of hydrogen-bond acceptors (Lipinski definition) is 6. The first kappa shape index (κ1) is 22.9. The summed E-state index contributed by atoms with van der Waals surface area (Å²) in [6.45, 7) is 0.182. The molecule has 1 aromatic heterocycles. The van der Waals surface area contributed by atoms with Gasteiger partial charge in [-0.1, -0.05) is 12.1 Å². The van der Waals surface area contributed by atoms with Gasteiger partial charge in [0.05, 0.1) is 19.5 Å². The number of benzene rings is 1. The van der Waals surface area contributed by atoms with Crippen LogP contribution < -0.4 is 5.32 Å². The van der Waals surface area contributed by atoms with Crippen LogP contribution in [0.5, 0.6) is 0 Å². The zero-order valence-corrected chi connectivity index (χ0v) is 18.1. The maximum absolute atomic E-state index is 13.4. The molecule has 0 spiro atoms. The lowest BCUT2D eigenvalue weighted by Crippen LogP contribution is -2.40. The van der Waals surface area contributed by atoms with Gasteiger partial charge in [0, 0.05) is 45.1 Å². The van der Waals surface area contributed by atoms with E-state index in [9.17, 15) is 22.4 Å². The summed E-state index contributed by atoms with van der Waals surface area (Å²) in [4.78, 5) is 27.6. The van der Waals surface area contributed by atoms with Crippen molar-refractivity contribution in [2.75, 3.05) is 20.2 Å². The molecule has 1 aromatic carbocycles. The van der Waals surface area contributed by atoms with Crippen molar-refractivity contribution in [2.45, 2.75) is 36.2 Å². The normalized spacial score (nSPS) is 19.3. The highest BCUT2D eigenvalue weighted by Crippen LogP contribution is 2.31. The average molecular weight is 453 g/mol. The second-order valence-corrected chi connectivity index (χ2v) is 9.35. The predicted molar refractivity (Wildman–Crippen MR) is 109 cm³/mol. The van der Waals surface area contributed by atoms with E-state index in [0.29, 0.717) is 6.42 Å². The van der Waals surface area contributed by atoms with Crippen LogP contribution >= 0.6 is 0 Å². The Balaban J connectivity index is 1.76. The lowest BCUT2D eigenvalue weighted by atomic mass is 9.94. The molecule has 31 heavy (non-hydrogen) atoms. The van der Waals surface area contributed by atoms with Crippen molar-refractivity contribution in [1.82, 2.24) is 19.2 Å². The first-order valence-electron chi connectivity index (χ1n) is 9.80. The maximum Gasteiger partial charge on any atom is 0.305 e. The number of carbonyl (C=O) groups excluding carboxylic acids is 2. The molecule has 0 saturated carbocycles.